The van der Waals surface area contributed by atoms with E-state index in [9.17, 15) is 4.79 Å². The van der Waals surface area contributed by atoms with Crippen LogP contribution in [0.5, 0.6) is 11.5 Å². The molecule has 0 unspecified atom stereocenters. The number of carbonyl (C=O) groups is 1. The third-order valence-corrected chi connectivity index (χ3v) is 4.93. The second-order valence-electron chi connectivity index (χ2n) is 6.91. The second-order valence-corrected chi connectivity index (χ2v) is 6.91. The first-order valence-corrected chi connectivity index (χ1v) is 9.67. The number of unbranched alkanes of at least 4 members (excludes halogenated alkanes) is 5. The van der Waals surface area contributed by atoms with E-state index in [0.29, 0.717) is 12.7 Å². The molecule has 0 bridgehead atoms. The van der Waals surface area contributed by atoms with Crippen LogP contribution >= 0.6 is 0 Å². The number of nitrogens with zero attached hydrogens (tertiary/aromatic N) is 1. The molecule has 1 amide bonds. The van der Waals surface area contributed by atoms with Crippen molar-refractivity contribution in [2.24, 2.45) is 0 Å². The minimum absolute atomic E-state index is 0.326. The summed E-state index contributed by atoms with van der Waals surface area (Å²) in [7, 11) is 0. The van der Waals surface area contributed by atoms with Crippen molar-refractivity contribution in [1.29, 1.82) is 0 Å². The third-order valence-electron chi connectivity index (χ3n) is 4.93. The average Bonchev–Trinajstić information content (AvgIpc) is 3.31. The van der Waals surface area contributed by atoms with E-state index < -0.39 is 0 Å². The molecule has 136 valence electrons. The number of fused-ring (bicyclic) bond motifs is 1. The van der Waals surface area contributed by atoms with Gasteiger partial charge in [-0.15, -0.1) is 0 Å². The van der Waals surface area contributed by atoms with E-state index in [1.54, 1.807) is 0 Å². The predicted molar refractivity (Wildman–Crippen MR) is 99.7 cm³/mol. The summed E-state index contributed by atoms with van der Waals surface area (Å²) >= 11 is 0. The van der Waals surface area contributed by atoms with E-state index in [1.807, 2.05) is 17.0 Å². The van der Waals surface area contributed by atoms with Gasteiger partial charge in [-0.2, -0.15) is 0 Å². The van der Waals surface area contributed by atoms with E-state index in [4.69, 9.17) is 9.47 Å². The first-order valence-electron chi connectivity index (χ1n) is 9.67. The number of allylic oxidation sites excluding steroid dienone is 1. The van der Waals surface area contributed by atoms with Gasteiger partial charge in [-0.3, -0.25) is 4.79 Å². The molecule has 0 saturated carbocycles. The zero-order chi connectivity index (χ0) is 17.3. The molecule has 25 heavy (non-hydrogen) atoms. The number of benzene rings is 1. The molecule has 4 heteroatoms. The molecule has 0 aromatic heterocycles. The summed E-state index contributed by atoms with van der Waals surface area (Å²) in [5, 5.41) is 0. The van der Waals surface area contributed by atoms with Gasteiger partial charge < -0.3 is 14.4 Å². The lowest BCUT2D eigenvalue weighted by Gasteiger charge is -2.14. The van der Waals surface area contributed by atoms with Gasteiger partial charge >= 0.3 is 0 Å². The lowest BCUT2D eigenvalue weighted by Crippen LogP contribution is -2.27. The molecule has 1 aromatic carbocycles. The maximum Gasteiger partial charge on any atom is 0.231 e. The highest BCUT2D eigenvalue weighted by Crippen LogP contribution is 2.32. The van der Waals surface area contributed by atoms with Crippen molar-refractivity contribution >= 4 is 12.0 Å². The van der Waals surface area contributed by atoms with Crippen molar-refractivity contribution in [1.82, 2.24) is 4.90 Å². The largest absolute Gasteiger partial charge is 0.454 e. The molecular formula is C21H29NO3. The number of hydrogen-bond donors (Lipinski definition) is 0. The van der Waals surface area contributed by atoms with Gasteiger partial charge in [0, 0.05) is 19.5 Å². The molecule has 0 spiro atoms. The molecule has 2 heterocycles. The summed E-state index contributed by atoms with van der Waals surface area (Å²) in [4.78, 5) is 14.0. The maximum atomic E-state index is 11.9. The maximum absolute atomic E-state index is 11.9. The summed E-state index contributed by atoms with van der Waals surface area (Å²) in [6, 6.07) is 6.04. The van der Waals surface area contributed by atoms with Gasteiger partial charge in [0.2, 0.25) is 12.7 Å². The number of rotatable bonds is 9. The number of carbonyl (C=O) groups excluding carboxylic acids is 1. The van der Waals surface area contributed by atoms with Gasteiger partial charge in [0.15, 0.2) is 11.5 Å². The average molecular weight is 343 g/mol. The first-order chi connectivity index (χ1) is 12.3. The smallest absolute Gasteiger partial charge is 0.231 e. The van der Waals surface area contributed by atoms with Crippen LogP contribution in [0.15, 0.2) is 24.3 Å². The number of hydrogen-bond acceptors (Lipinski definition) is 3. The highest BCUT2D eigenvalue weighted by molar-refractivity contribution is 5.76. The van der Waals surface area contributed by atoms with E-state index in [2.05, 4.69) is 18.2 Å². The van der Waals surface area contributed by atoms with Crippen molar-refractivity contribution in [2.45, 2.75) is 57.8 Å². The summed E-state index contributed by atoms with van der Waals surface area (Å²) < 4.78 is 10.7. The van der Waals surface area contributed by atoms with E-state index in [0.717, 1.165) is 49.4 Å². The summed E-state index contributed by atoms with van der Waals surface area (Å²) in [5.74, 6) is 2.04. The monoisotopic (exact) mass is 343 g/mol. The van der Waals surface area contributed by atoms with Gasteiger partial charge in [0.25, 0.3) is 0 Å². The summed E-state index contributed by atoms with van der Waals surface area (Å²) in [6.45, 7) is 2.29. The van der Waals surface area contributed by atoms with Crippen molar-refractivity contribution in [3.05, 3.63) is 29.8 Å². The fraction of sp³-hybridized carbons (Fsp3) is 0.571. The fourth-order valence-electron chi connectivity index (χ4n) is 3.43. The predicted octanol–water partition coefficient (Wildman–Crippen LogP) is 4.78. The molecule has 0 aliphatic carbocycles. The van der Waals surface area contributed by atoms with E-state index >= 15 is 0 Å². The van der Waals surface area contributed by atoms with Gasteiger partial charge in [0.05, 0.1) is 0 Å². The number of ether oxygens (including phenoxy) is 2. The molecule has 0 radical (unpaired) electrons. The highest BCUT2D eigenvalue weighted by atomic mass is 16.7. The fourth-order valence-corrected chi connectivity index (χ4v) is 3.43. The molecule has 4 nitrogen and oxygen atoms in total. The Labute approximate surface area is 150 Å². The Morgan fingerprint density at radius 2 is 1.76 bits per heavy atom. The highest BCUT2D eigenvalue weighted by Gasteiger charge is 2.16. The van der Waals surface area contributed by atoms with Crippen LogP contribution < -0.4 is 9.47 Å². The van der Waals surface area contributed by atoms with E-state index in [1.165, 1.54) is 38.5 Å². The van der Waals surface area contributed by atoms with E-state index in [-0.39, 0.29) is 0 Å². The van der Waals surface area contributed by atoms with Crippen molar-refractivity contribution in [3.63, 3.8) is 0 Å². The van der Waals surface area contributed by atoms with Crippen molar-refractivity contribution in [3.8, 4) is 11.5 Å². The SMILES string of the molecule is O=C(CCCCCCC/C=C/c1ccc2c(c1)OCO2)N1CCCC1. The lowest BCUT2D eigenvalue weighted by molar-refractivity contribution is -0.130. The molecule has 0 atom stereocenters. The van der Waals surface area contributed by atoms with Crippen LogP contribution in [0.2, 0.25) is 0 Å². The molecule has 2 aliphatic rings. The Hall–Kier alpha value is -1.97. The minimum atomic E-state index is 0.326. The zero-order valence-corrected chi connectivity index (χ0v) is 15.0. The standard InChI is InChI=1S/C21H29NO3/c23-21(22-14-8-9-15-22)11-7-5-3-1-2-4-6-10-18-12-13-19-20(16-18)25-17-24-19/h6,10,12-13,16H,1-5,7-9,11,14-15,17H2/b10-6+. The Morgan fingerprint density at radius 1 is 1.00 bits per heavy atom. The van der Waals surface area contributed by atoms with Crippen molar-refractivity contribution in [2.75, 3.05) is 19.9 Å². The normalized spacial score (nSPS) is 16.1. The summed E-state index contributed by atoms with van der Waals surface area (Å²) in [5.41, 5.74) is 1.16. The van der Waals surface area contributed by atoms with Gasteiger partial charge in [-0.1, -0.05) is 37.5 Å². The molecule has 1 saturated heterocycles. The van der Waals surface area contributed by atoms with Crippen molar-refractivity contribution < 1.29 is 14.3 Å². The Bertz CT molecular complexity index is 591. The molecule has 1 aromatic rings. The molecular weight excluding hydrogens is 314 g/mol. The van der Waals surface area contributed by atoms with Crippen LogP contribution in [0, 0.1) is 0 Å². The van der Waals surface area contributed by atoms with Crippen LogP contribution in [-0.2, 0) is 4.79 Å². The first kappa shape index (κ1) is 17.8. The third kappa shape index (κ3) is 5.52. The van der Waals surface area contributed by atoms with Crippen LogP contribution in [0.25, 0.3) is 6.08 Å². The topological polar surface area (TPSA) is 38.8 Å². The van der Waals surface area contributed by atoms with Crippen LogP contribution in [0.3, 0.4) is 0 Å². The summed E-state index contributed by atoms with van der Waals surface area (Å²) in [6.07, 6.45) is 14.5. The number of amides is 1. The molecule has 2 aliphatic heterocycles. The van der Waals surface area contributed by atoms with Gasteiger partial charge in [-0.25, -0.2) is 0 Å². The van der Waals surface area contributed by atoms with Crippen LogP contribution in [-0.4, -0.2) is 30.7 Å². The molecule has 0 N–H and O–H groups in total. The lowest BCUT2D eigenvalue weighted by atomic mass is 10.1. The van der Waals surface area contributed by atoms with Gasteiger partial charge in [-0.05, 0) is 49.8 Å². The Kier molecular flexibility index (Phi) is 6.78. The van der Waals surface area contributed by atoms with Crippen LogP contribution in [0.4, 0.5) is 0 Å². The van der Waals surface area contributed by atoms with Gasteiger partial charge in [0.1, 0.15) is 0 Å². The number of likely N-dealkylation sites (tertiary alicyclic amines) is 1. The second kappa shape index (κ2) is 9.50. The minimum Gasteiger partial charge on any atom is -0.454 e. The zero-order valence-electron chi connectivity index (χ0n) is 15.0. The molecule has 3 rings (SSSR count). The Balaban J connectivity index is 1.21. The molecule has 1 fully saturated rings. The quantitative estimate of drug-likeness (QED) is 0.606. The van der Waals surface area contributed by atoms with Crippen LogP contribution in [0.1, 0.15) is 63.4 Å². The Morgan fingerprint density at radius 3 is 2.64 bits per heavy atom.